The van der Waals surface area contributed by atoms with Crippen molar-refractivity contribution in [2.75, 3.05) is 0 Å². The van der Waals surface area contributed by atoms with Crippen LogP contribution in [0.2, 0.25) is 5.02 Å². The summed E-state index contributed by atoms with van der Waals surface area (Å²) in [6, 6.07) is 3.66. The van der Waals surface area contributed by atoms with Gasteiger partial charge in [-0.25, -0.2) is 4.68 Å². The van der Waals surface area contributed by atoms with Crippen molar-refractivity contribution in [1.29, 1.82) is 0 Å². The summed E-state index contributed by atoms with van der Waals surface area (Å²) < 4.78 is 2.40. The van der Waals surface area contributed by atoms with E-state index in [4.69, 9.17) is 16.7 Å². The van der Waals surface area contributed by atoms with E-state index in [0.29, 0.717) is 16.4 Å². The standard InChI is InChI=1S/C12H11BrClN3O2/c1-6-3-8(13)11(4-9(6)14)17-7(2)10(15-16-17)5-12(18)19/h3-4H,5H2,1-2H3,(H,18,19). The Kier molecular flexibility index (Phi) is 3.91. The van der Waals surface area contributed by atoms with Crippen LogP contribution >= 0.6 is 27.5 Å². The van der Waals surface area contributed by atoms with Crippen molar-refractivity contribution >= 4 is 33.5 Å². The van der Waals surface area contributed by atoms with E-state index in [0.717, 1.165) is 15.7 Å². The summed E-state index contributed by atoms with van der Waals surface area (Å²) in [5.74, 6) is -0.934. The molecule has 1 heterocycles. The number of benzene rings is 1. The van der Waals surface area contributed by atoms with Crippen molar-refractivity contribution in [3.05, 3.63) is 38.6 Å². The lowest BCUT2D eigenvalue weighted by Crippen LogP contribution is -2.04. The Labute approximate surface area is 123 Å². The smallest absolute Gasteiger partial charge is 0.309 e. The van der Waals surface area contributed by atoms with Gasteiger partial charge in [-0.15, -0.1) is 5.10 Å². The highest BCUT2D eigenvalue weighted by Crippen LogP contribution is 2.28. The predicted molar refractivity (Wildman–Crippen MR) is 74.9 cm³/mol. The maximum atomic E-state index is 10.7. The van der Waals surface area contributed by atoms with Crippen LogP contribution in [-0.2, 0) is 11.2 Å². The van der Waals surface area contributed by atoms with Crippen LogP contribution in [0.1, 0.15) is 17.0 Å². The van der Waals surface area contributed by atoms with Gasteiger partial charge < -0.3 is 5.11 Å². The molecule has 1 aromatic heterocycles. The molecule has 0 radical (unpaired) electrons. The van der Waals surface area contributed by atoms with Gasteiger partial charge in [0, 0.05) is 9.50 Å². The quantitative estimate of drug-likeness (QED) is 0.929. The van der Waals surface area contributed by atoms with E-state index in [9.17, 15) is 4.79 Å². The average Bonchev–Trinajstić information content (AvgIpc) is 2.65. The Hall–Kier alpha value is -1.40. The summed E-state index contributed by atoms with van der Waals surface area (Å²) in [5, 5.41) is 17.3. The number of carboxylic acids is 1. The fourth-order valence-corrected chi connectivity index (χ4v) is 2.48. The molecule has 0 fully saturated rings. The number of rotatable bonds is 3. The van der Waals surface area contributed by atoms with Gasteiger partial charge in [-0.05, 0) is 47.5 Å². The lowest BCUT2D eigenvalue weighted by molar-refractivity contribution is -0.136. The Morgan fingerprint density at radius 2 is 2.16 bits per heavy atom. The van der Waals surface area contributed by atoms with E-state index in [2.05, 4.69) is 26.2 Å². The lowest BCUT2D eigenvalue weighted by atomic mass is 10.2. The van der Waals surface area contributed by atoms with Crippen molar-refractivity contribution < 1.29 is 9.90 Å². The molecule has 2 rings (SSSR count). The summed E-state index contributed by atoms with van der Waals surface area (Å²) in [6.07, 6.45) is -0.150. The lowest BCUT2D eigenvalue weighted by Gasteiger charge is -2.08. The first-order chi connectivity index (χ1) is 8.90. The number of halogens is 2. The van der Waals surface area contributed by atoms with Crippen molar-refractivity contribution in [2.24, 2.45) is 0 Å². The second-order valence-corrected chi connectivity index (χ2v) is 5.42. The molecule has 0 atom stereocenters. The molecule has 0 bridgehead atoms. The molecule has 2 aromatic rings. The largest absolute Gasteiger partial charge is 0.481 e. The molecule has 0 aliphatic carbocycles. The third-order valence-corrected chi connectivity index (χ3v) is 3.81. The monoisotopic (exact) mass is 343 g/mol. The number of carbonyl (C=O) groups is 1. The van der Waals surface area contributed by atoms with Gasteiger partial charge in [0.25, 0.3) is 0 Å². The molecule has 100 valence electrons. The minimum absolute atomic E-state index is 0.150. The highest BCUT2D eigenvalue weighted by Gasteiger charge is 2.15. The van der Waals surface area contributed by atoms with Gasteiger partial charge in [0.2, 0.25) is 0 Å². The van der Waals surface area contributed by atoms with Gasteiger partial charge in [0.1, 0.15) is 0 Å². The highest BCUT2D eigenvalue weighted by atomic mass is 79.9. The van der Waals surface area contributed by atoms with E-state index in [1.807, 2.05) is 13.0 Å². The summed E-state index contributed by atoms with van der Waals surface area (Å²) >= 11 is 9.55. The van der Waals surface area contributed by atoms with Crippen LogP contribution in [0, 0.1) is 13.8 Å². The Balaban J connectivity index is 2.51. The Bertz CT molecular complexity index is 655. The number of aromatic nitrogens is 3. The second-order valence-electron chi connectivity index (χ2n) is 4.16. The number of carboxylic acid groups (broad SMARTS) is 1. The van der Waals surface area contributed by atoms with Gasteiger partial charge in [-0.2, -0.15) is 0 Å². The van der Waals surface area contributed by atoms with E-state index in [1.54, 1.807) is 17.7 Å². The minimum Gasteiger partial charge on any atom is -0.481 e. The van der Waals surface area contributed by atoms with Gasteiger partial charge in [-0.3, -0.25) is 4.79 Å². The number of hydrogen-bond donors (Lipinski definition) is 1. The SMILES string of the molecule is Cc1cc(Br)c(-n2nnc(CC(=O)O)c2C)cc1Cl. The zero-order valence-corrected chi connectivity index (χ0v) is 12.7. The molecule has 0 aliphatic rings. The maximum absolute atomic E-state index is 10.7. The van der Waals surface area contributed by atoms with Gasteiger partial charge in [0.15, 0.2) is 0 Å². The van der Waals surface area contributed by atoms with Crippen molar-refractivity contribution in [3.8, 4) is 5.69 Å². The molecule has 5 nitrogen and oxygen atoms in total. The van der Waals surface area contributed by atoms with Gasteiger partial charge in [-0.1, -0.05) is 16.8 Å². The van der Waals surface area contributed by atoms with Crippen LogP contribution in [0.25, 0.3) is 5.69 Å². The molecule has 0 amide bonds. The number of aryl methyl sites for hydroxylation is 1. The van der Waals surface area contributed by atoms with E-state index < -0.39 is 5.97 Å². The molecule has 1 N–H and O–H groups in total. The third kappa shape index (κ3) is 2.79. The van der Waals surface area contributed by atoms with Crippen LogP contribution in [-0.4, -0.2) is 26.1 Å². The van der Waals surface area contributed by atoms with Crippen molar-refractivity contribution in [1.82, 2.24) is 15.0 Å². The first-order valence-corrected chi connectivity index (χ1v) is 6.66. The summed E-state index contributed by atoms with van der Waals surface area (Å²) in [6.45, 7) is 3.68. The molecule has 19 heavy (non-hydrogen) atoms. The number of hydrogen-bond acceptors (Lipinski definition) is 3. The summed E-state index contributed by atoms with van der Waals surface area (Å²) in [5.41, 5.74) is 2.80. The fourth-order valence-electron chi connectivity index (χ4n) is 1.69. The van der Waals surface area contributed by atoms with Gasteiger partial charge >= 0.3 is 5.97 Å². The molecular formula is C12H11BrClN3O2. The van der Waals surface area contributed by atoms with E-state index in [1.165, 1.54) is 0 Å². The molecular weight excluding hydrogens is 334 g/mol. The second kappa shape index (κ2) is 5.30. The zero-order chi connectivity index (χ0) is 14.2. The molecule has 0 aliphatic heterocycles. The maximum Gasteiger partial charge on any atom is 0.309 e. The zero-order valence-electron chi connectivity index (χ0n) is 10.3. The van der Waals surface area contributed by atoms with Crippen LogP contribution in [0.3, 0.4) is 0 Å². The first kappa shape index (κ1) is 14.0. The molecule has 0 spiro atoms. The first-order valence-electron chi connectivity index (χ1n) is 5.49. The van der Waals surface area contributed by atoms with E-state index in [-0.39, 0.29) is 6.42 Å². The minimum atomic E-state index is -0.934. The predicted octanol–water partition coefficient (Wildman–Crippen LogP) is 2.93. The summed E-state index contributed by atoms with van der Waals surface area (Å²) in [7, 11) is 0. The highest BCUT2D eigenvalue weighted by molar-refractivity contribution is 9.10. The van der Waals surface area contributed by atoms with E-state index >= 15 is 0 Å². The molecule has 0 saturated heterocycles. The number of aliphatic carboxylic acids is 1. The van der Waals surface area contributed by atoms with Crippen molar-refractivity contribution in [2.45, 2.75) is 20.3 Å². The topological polar surface area (TPSA) is 68.0 Å². The average molecular weight is 345 g/mol. The van der Waals surface area contributed by atoms with Crippen LogP contribution in [0.15, 0.2) is 16.6 Å². The molecule has 1 aromatic carbocycles. The van der Waals surface area contributed by atoms with Crippen LogP contribution < -0.4 is 0 Å². The Morgan fingerprint density at radius 1 is 1.47 bits per heavy atom. The normalized spacial score (nSPS) is 10.7. The van der Waals surface area contributed by atoms with Crippen LogP contribution in [0.5, 0.6) is 0 Å². The summed E-state index contributed by atoms with van der Waals surface area (Å²) in [4.78, 5) is 10.7. The fraction of sp³-hybridized carbons (Fsp3) is 0.250. The van der Waals surface area contributed by atoms with Gasteiger partial charge in [0.05, 0.1) is 23.5 Å². The molecule has 0 unspecified atom stereocenters. The van der Waals surface area contributed by atoms with Crippen molar-refractivity contribution in [3.63, 3.8) is 0 Å². The molecule has 7 heteroatoms. The molecule has 0 saturated carbocycles. The third-order valence-electron chi connectivity index (χ3n) is 2.77. The Morgan fingerprint density at radius 3 is 2.79 bits per heavy atom. The van der Waals surface area contributed by atoms with Crippen LogP contribution in [0.4, 0.5) is 0 Å². The number of nitrogens with zero attached hydrogens (tertiary/aromatic N) is 3.